The molecule has 22 heavy (non-hydrogen) atoms. The second-order valence-electron chi connectivity index (χ2n) is 3.97. The van der Waals surface area contributed by atoms with E-state index in [4.69, 9.17) is 5.53 Å². The predicted molar refractivity (Wildman–Crippen MR) is 81.6 cm³/mol. The van der Waals surface area contributed by atoms with Crippen molar-refractivity contribution in [2.45, 2.75) is 4.90 Å². The average molecular weight is 317 g/mol. The molecule has 2 rings (SSSR count). The molecule has 2 aromatic rings. The van der Waals surface area contributed by atoms with Crippen LogP contribution in [0.3, 0.4) is 0 Å². The van der Waals surface area contributed by atoms with Crippen molar-refractivity contribution in [3.05, 3.63) is 66.2 Å². The van der Waals surface area contributed by atoms with Gasteiger partial charge in [-0.3, -0.25) is 4.98 Å². The summed E-state index contributed by atoms with van der Waals surface area (Å²) in [4.78, 5) is 16.6. The van der Waals surface area contributed by atoms with Crippen molar-refractivity contribution in [3.8, 4) is 0 Å². The Hall–Kier alpha value is -2.74. The molecule has 0 aliphatic heterocycles. The number of hydrogen-bond acceptors (Lipinski definition) is 5. The highest BCUT2D eigenvalue weighted by Gasteiger charge is 2.09. The van der Waals surface area contributed by atoms with Gasteiger partial charge < -0.3 is 5.32 Å². The van der Waals surface area contributed by atoms with Gasteiger partial charge >= 0.3 is 6.03 Å². The lowest BCUT2D eigenvalue weighted by Crippen LogP contribution is -2.25. The maximum atomic E-state index is 12.8. The molecule has 1 aromatic heterocycles. The van der Waals surface area contributed by atoms with Gasteiger partial charge in [0.05, 0.1) is 11.9 Å². The fourth-order valence-corrected chi connectivity index (χ4v) is 2.07. The number of amides is 2. The molecule has 2 N–H and O–H groups in total. The number of urea groups is 1. The van der Waals surface area contributed by atoms with E-state index in [1.807, 2.05) is 0 Å². The van der Waals surface area contributed by atoms with Crippen molar-refractivity contribution < 1.29 is 9.18 Å². The first-order valence-corrected chi connectivity index (χ1v) is 7.03. The number of carbonyl (C=O) groups is 1. The molecule has 0 saturated heterocycles. The lowest BCUT2D eigenvalue weighted by molar-refractivity contribution is 0.226. The summed E-state index contributed by atoms with van der Waals surface area (Å²) in [5.41, 5.74) is 7.53. The summed E-state index contributed by atoms with van der Waals surface area (Å²) in [6, 6.07) is 8.68. The van der Waals surface area contributed by atoms with Crippen LogP contribution in [0.5, 0.6) is 0 Å². The second-order valence-corrected chi connectivity index (χ2v) is 4.95. The Kier molecular flexibility index (Phi) is 5.61. The fourth-order valence-electron chi connectivity index (χ4n) is 1.44. The summed E-state index contributed by atoms with van der Waals surface area (Å²) in [5.74, 6) is -0.313. The van der Waals surface area contributed by atoms with E-state index in [-0.39, 0.29) is 5.82 Å². The molecule has 0 saturated carbocycles. The third-order valence-electron chi connectivity index (χ3n) is 2.45. The first-order valence-electron chi connectivity index (χ1n) is 6.15. The van der Waals surface area contributed by atoms with Crippen molar-refractivity contribution in [1.82, 2.24) is 9.99 Å². The number of rotatable bonds is 5. The number of halogens is 1. The van der Waals surface area contributed by atoms with Gasteiger partial charge in [0.15, 0.2) is 0 Å². The van der Waals surface area contributed by atoms with Crippen LogP contribution in [0.15, 0.2) is 70.5 Å². The van der Waals surface area contributed by atoms with E-state index < -0.39 is 6.03 Å². The number of hydrogen-bond donors (Lipinski definition) is 2. The normalized spacial score (nSPS) is 10.4. The van der Waals surface area contributed by atoms with E-state index in [1.54, 1.807) is 35.9 Å². The standard InChI is InChI=1S/C14H12FN5OS/c15-11-3-5-13(6-4-11)22-9-8-20(19-16)14(21)18-12-2-1-7-17-10-12/h1-10,16H,(H,18,21)/b9-8+,19-16?. The summed E-state index contributed by atoms with van der Waals surface area (Å²) >= 11 is 1.27. The molecule has 0 spiro atoms. The van der Waals surface area contributed by atoms with E-state index in [1.165, 1.54) is 36.3 Å². The van der Waals surface area contributed by atoms with Crippen molar-refractivity contribution in [2.24, 2.45) is 5.22 Å². The SMILES string of the molecule is N=NN(/C=C/Sc1ccc(F)cc1)C(=O)Nc1cccnc1. The lowest BCUT2D eigenvalue weighted by Gasteiger charge is -2.11. The van der Waals surface area contributed by atoms with E-state index in [9.17, 15) is 9.18 Å². The maximum absolute atomic E-state index is 12.8. The van der Waals surface area contributed by atoms with Gasteiger partial charge in [0.1, 0.15) is 5.82 Å². The number of aromatic nitrogens is 1. The minimum absolute atomic E-state index is 0.313. The molecule has 8 heteroatoms. The van der Waals surface area contributed by atoms with Gasteiger partial charge in [-0.25, -0.2) is 9.18 Å². The van der Waals surface area contributed by atoms with Crippen LogP contribution < -0.4 is 5.32 Å². The third-order valence-corrected chi connectivity index (χ3v) is 3.25. The zero-order chi connectivity index (χ0) is 15.8. The van der Waals surface area contributed by atoms with Crippen LogP contribution in [0.2, 0.25) is 0 Å². The molecule has 0 bridgehead atoms. The molecule has 0 fully saturated rings. The molecule has 2 amide bonds. The molecular weight excluding hydrogens is 305 g/mol. The summed E-state index contributed by atoms with van der Waals surface area (Å²) in [6.45, 7) is 0. The first kappa shape index (κ1) is 15.6. The number of benzene rings is 1. The minimum atomic E-state index is -0.584. The quantitative estimate of drug-likeness (QED) is 0.491. The average Bonchev–Trinajstić information content (AvgIpc) is 2.54. The number of carbonyl (C=O) groups excluding carboxylic acids is 1. The predicted octanol–water partition coefficient (Wildman–Crippen LogP) is 4.26. The van der Waals surface area contributed by atoms with Gasteiger partial charge in [-0.15, -0.1) is 0 Å². The molecule has 112 valence electrons. The Morgan fingerprint density at radius 1 is 1.36 bits per heavy atom. The molecule has 0 atom stereocenters. The highest BCUT2D eigenvalue weighted by atomic mass is 32.2. The van der Waals surface area contributed by atoms with Crippen LogP contribution in [0.1, 0.15) is 0 Å². The number of nitrogens with one attached hydrogen (secondary N) is 2. The van der Waals surface area contributed by atoms with Crippen LogP contribution in [0, 0.1) is 11.3 Å². The lowest BCUT2D eigenvalue weighted by atomic mass is 10.4. The van der Waals surface area contributed by atoms with Crippen molar-refractivity contribution in [2.75, 3.05) is 5.32 Å². The Labute approximate surface area is 130 Å². The van der Waals surface area contributed by atoms with Gasteiger partial charge in [0.2, 0.25) is 0 Å². The summed E-state index contributed by atoms with van der Waals surface area (Å²) in [5, 5.41) is 8.08. The Morgan fingerprint density at radius 2 is 2.14 bits per heavy atom. The van der Waals surface area contributed by atoms with Crippen LogP contribution in [0.4, 0.5) is 14.9 Å². The fraction of sp³-hybridized carbons (Fsp3) is 0. The van der Waals surface area contributed by atoms with Crippen molar-refractivity contribution in [3.63, 3.8) is 0 Å². The summed E-state index contributed by atoms with van der Waals surface area (Å²) < 4.78 is 12.8. The van der Waals surface area contributed by atoms with E-state index in [0.717, 1.165) is 9.90 Å². The Balaban J connectivity index is 1.93. The van der Waals surface area contributed by atoms with E-state index >= 15 is 0 Å². The first-order chi connectivity index (χ1) is 10.7. The zero-order valence-electron chi connectivity index (χ0n) is 11.3. The molecule has 0 aliphatic rings. The number of anilines is 1. The highest BCUT2D eigenvalue weighted by Crippen LogP contribution is 2.19. The van der Waals surface area contributed by atoms with Crippen molar-refractivity contribution >= 4 is 23.5 Å². The third kappa shape index (κ3) is 4.67. The van der Waals surface area contributed by atoms with Gasteiger partial charge in [-0.05, 0) is 41.8 Å². The van der Waals surface area contributed by atoms with Crippen LogP contribution >= 0.6 is 11.8 Å². The largest absolute Gasteiger partial charge is 0.347 e. The van der Waals surface area contributed by atoms with Gasteiger partial charge in [0.25, 0.3) is 0 Å². The van der Waals surface area contributed by atoms with Gasteiger partial charge in [0, 0.05) is 17.3 Å². The number of pyridine rings is 1. The Morgan fingerprint density at radius 3 is 2.77 bits per heavy atom. The molecule has 0 unspecified atom stereocenters. The maximum Gasteiger partial charge on any atom is 0.347 e. The van der Waals surface area contributed by atoms with Crippen LogP contribution in [-0.2, 0) is 0 Å². The summed E-state index contributed by atoms with van der Waals surface area (Å²) in [7, 11) is 0. The van der Waals surface area contributed by atoms with Gasteiger partial charge in [-0.2, -0.15) is 10.5 Å². The van der Waals surface area contributed by atoms with E-state index in [2.05, 4.69) is 15.5 Å². The van der Waals surface area contributed by atoms with Crippen LogP contribution in [-0.4, -0.2) is 16.0 Å². The van der Waals surface area contributed by atoms with Gasteiger partial charge in [-0.1, -0.05) is 17.0 Å². The smallest absolute Gasteiger partial charge is 0.305 e. The topological polar surface area (TPSA) is 81.4 Å². The highest BCUT2D eigenvalue weighted by molar-refractivity contribution is 8.02. The number of thioether (sulfide) groups is 1. The van der Waals surface area contributed by atoms with Crippen LogP contribution in [0.25, 0.3) is 0 Å². The van der Waals surface area contributed by atoms with Crippen molar-refractivity contribution in [1.29, 1.82) is 5.53 Å². The second kappa shape index (κ2) is 7.89. The zero-order valence-corrected chi connectivity index (χ0v) is 12.1. The molecule has 1 heterocycles. The minimum Gasteiger partial charge on any atom is -0.305 e. The molecule has 6 nitrogen and oxygen atoms in total. The van der Waals surface area contributed by atoms with E-state index in [0.29, 0.717) is 5.69 Å². The summed E-state index contributed by atoms with van der Waals surface area (Å²) in [6.07, 6.45) is 4.41. The molecular formula is C14H12FN5OS. The molecule has 0 aliphatic carbocycles. The molecule has 1 aromatic carbocycles. The number of nitrogens with zero attached hydrogens (tertiary/aromatic N) is 3. The molecule has 0 radical (unpaired) electrons. The Bertz CT molecular complexity index is 663. The monoisotopic (exact) mass is 317 g/mol.